The van der Waals surface area contributed by atoms with Crippen molar-refractivity contribution < 1.29 is 17.6 Å². The molecule has 0 bridgehead atoms. The van der Waals surface area contributed by atoms with Crippen molar-refractivity contribution in [2.24, 2.45) is 0 Å². The highest BCUT2D eigenvalue weighted by molar-refractivity contribution is 5.19. The summed E-state index contributed by atoms with van der Waals surface area (Å²) in [6.07, 6.45) is -2.08. The van der Waals surface area contributed by atoms with Gasteiger partial charge in [0.25, 0.3) is 0 Å². The molecule has 0 saturated heterocycles. The quantitative estimate of drug-likeness (QED) is 0.885. The van der Waals surface area contributed by atoms with Gasteiger partial charge in [0.2, 0.25) is 0 Å². The molecule has 2 aromatic rings. The van der Waals surface area contributed by atoms with Crippen LogP contribution in [-0.2, 0) is 6.54 Å². The molecule has 0 aliphatic rings. The van der Waals surface area contributed by atoms with Crippen molar-refractivity contribution in [1.82, 2.24) is 5.32 Å². The lowest BCUT2D eigenvalue weighted by Crippen LogP contribution is -2.26. The Balaban J connectivity index is 2.06. The van der Waals surface area contributed by atoms with E-state index in [-0.39, 0.29) is 0 Å². The molecule has 1 aromatic heterocycles. The number of nitrogens with one attached hydrogen (secondary N) is 1. The molecule has 0 amide bonds. The molecule has 19 heavy (non-hydrogen) atoms. The van der Waals surface area contributed by atoms with E-state index in [4.69, 9.17) is 4.42 Å². The molecule has 2 nitrogen and oxygen atoms in total. The van der Waals surface area contributed by atoms with Crippen LogP contribution in [0.5, 0.6) is 0 Å². The van der Waals surface area contributed by atoms with Crippen molar-refractivity contribution in [3.63, 3.8) is 0 Å². The third-order valence-corrected chi connectivity index (χ3v) is 2.77. The second-order valence-corrected chi connectivity index (χ2v) is 4.30. The van der Waals surface area contributed by atoms with Crippen LogP contribution in [0.3, 0.4) is 0 Å². The number of benzene rings is 1. The standard InChI is InChI=1S/C14H14F3NO/c15-14(16,17)8-13(12-4-2-1-3-5-12)18-9-11-6-7-19-10-11/h1-7,10,13,18H,8-9H2. The smallest absolute Gasteiger partial charge is 0.390 e. The first-order valence-electron chi connectivity index (χ1n) is 5.91. The SMILES string of the molecule is FC(F)(F)CC(NCc1ccoc1)c1ccccc1. The molecule has 1 unspecified atom stereocenters. The molecule has 2 rings (SSSR count). The van der Waals surface area contributed by atoms with Crippen molar-refractivity contribution in [3.8, 4) is 0 Å². The fourth-order valence-corrected chi connectivity index (χ4v) is 1.86. The predicted molar refractivity (Wildman–Crippen MR) is 65.4 cm³/mol. The Morgan fingerprint density at radius 2 is 1.84 bits per heavy atom. The molecular weight excluding hydrogens is 255 g/mol. The molecule has 0 aliphatic carbocycles. The highest BCUT2D eigenvalue weighted by atomic mass is 19.4. The Hall–Kier alpha value is -1.75. The summed E-state index contributed by atoms with van der Waals surface area (Å²) < 4.78 is 42.7. The van der Waals surface area contributed by atoms with Gasteiger partial charge < -0.3 is 9.73 Å². The van der Waals surface area contributed by atoms with E-state index in [2.05, 4.69) is 5.32 Å². The number of rotatable bonds is 5. The highest BCUT2D eigenvalue weighted by Crippen LogP contribution is 2.29. The Kier molecular flexibility index (Phi) is 4.27. The Labute approximate surface area is 109 Å². The fraction of sp³-hybridized carbons (Fsp3) is 0.286. The molecular formula is C14H14F3NO. The number of furan rings is 1. The molecule has 0 fully saturated rings. The van der Waals surface area contributed by atoms with Gasteiger partial charge in [-0.1, -0.05) is 30.3 Å². The third kappa shape index (κ3) is 4.44. The van der Waals surface area contributed by atoms with E-state index in [1.54, 1.807) is 36.4 Å². The van der Waals surface area contributed by atoms with Gasteiger partial charge in [0.05, 0.1) is 18.9 Å². The monoisotopic (exact) mass is 269 g/mol. The summed E-state index contributed by atoms with van der Waals surface area (Å²) in [5.41, 5.74) is 1.45. The second kappa shape index (κ2) is 5.93. The van der Waals surface area contributed by atoms with Crippen LogP contribution in [-0.4, -0.2) is 6.18 Å². The van der Waals surface area contributed by atoms with Gasteiger partial charge in [-0.25, -0.2) is 0 Å². The highest BCUT2D eigenvalue weighted by Gasteiger charge is 2.32. The van der Waals surface area contributed by atoms with Crippen molar-refractivity contribution in [1.29, 1.82) is 0 Å². The summed E-state index contributed by atoms with van der Waals surface area (Å²) in [4.78, 5) is 0. The molecule has 0 spiro atoms. The first kappa shape index (κ1) is 13.7. The van der Waals surface area contributed by atoms with Crippen LogP contribution in [0.2, 0.25) is 0 Å². The fourth-order valence-electron chi connectivity index (χ4n) is 1.86. The third-order valence-electron chi connectivity index (χ3n) is 2.77. The Bertz CT molecular complexity index is 479. The molecule has 1 heterocycles. The molecule has 102 valence electrons. The van der Waals surface area contributed by atoms with E-state index < -0.39 is 18.6 Å². The van der Waals surface area contributed by atoms with Gasteiger partial charge in [0.15, 0.2) is 0 Å². The van der Waals surface area contributed by atoms with Crippen molar-refractivity contribution in [2.75, 3.05) is 0 Å². The van der Waals surface area contributed by atoms with E-state index in [1.165, 1.54) is 12.5 Å². The van der Waals surface area contributed by atoms with Gasteiger partial charge in [-0.2, -0.15) is 13.2 Å². The minimum atomic E-state index is -4.20. The van der Waals surface area contributed by atoms with Crippen molar-refractivity contribution in [2.45, 2.75) is 25.2 Å². The zero-order valence-electron chi connectivity index (χ0n) is 10.2. The van der Waals surface area contributed by atoms with E-state index in [1.807, 2.05) is 0 Å². The second-order valence-electron chi connectivity index (χ2n) is 4.30. The molecule has 5 heteroatoms. The first-order chi connectivity index (χ1) is 9.04. The van der Waals surface area contributed by atoms with E-state index in [9.17, 15) is 13.2 Å². The van der Waals surface area contributed by atoms with Gasteiger partial charge in [0.1, 0.15) is 0 Å². The molecule has 0 radical (unpaired) electrons. The van der Waals surface area contributed by atoms with Crippen LogP contribution in [0.15, 0.2) is 53.3 Å². The summed E-state index contributed by atoms with van der Waals surface area (Å²) in [5.74, 6) is 0. The Morgan fingerprint density at radius 3 is 2.42 bits per heavy atom. The normalized spacial score (nSPS) is 13.4. The molecule has 0 saturated carbocycles. The Morgan fingerprint density at radius 1 is 1.11 bits per heavy atom. The van der Waals surface area contributed by atoms with Crippen molar-refractivity contribution >= 4 is 0 Å². The zero-order valence-corrected chi connectivity index (χ0v) is 10.2. The zero-order chi connectivity index (χ0) is 13.7. The molecule has 1 N–H and O–H groups in total. The maximum absolute atomic E-state index is 12.6. The lowest BCUT2D eigenvalue weighted by atomic mass is 10.0. The van der Waals surface area contributed by atoms with Gasteiger partial charge in [0, 0.05) is 18.2 Å². The summed E-state index contributed by atoms with van der Waals surface area (Å²) in [6.45, 7) is 0.339. The van der Waals surface area contributed by atoms with Crippen LogP contribution in [0, 0.1) is 0 Å². The summed E-state index contributed by atoms with van der Waals surface area (Å²) in [6, 6.07) is 9.61. The molecule has 0 aliphatic heterocycles. The van der Waals surface area contributed by atoms with Crippen LogP contribution < -0.4 is 5.32 Å². The largest absolute Gasteiger partial charge is 0.472 e. The minimum Gasteiger partial charge on any atom is -0.472 e. The van der Waals surface area contributed by atoms with Gasteiger partial charge >= 0.3 is 6.18 Å². The summed E-state index contributed by atoms with van der Waals surface area (Å²) >= 11 is 0. The average molecular weight is 269 g/mol. The lowest BCUT2D eigenvalue weighted by Gasteiger charge is -2.20. The van der Waals surface area contributed by atoms with Crippen LogP contribution in [0.25, 0.3) is 0 Å². The minimum absolute atomic E-state index is 0.339. The van der Waals surface area contributed by atoms with E-state index in [0.29, 0.717) is 12.1 Å². The van der Waals surface area contributed by atoms with Gasteiger partial charge in [-0.05, 0) is 11.6 Å². The maximum atomic E-state index is 12.6. The van der Waals surface area contributed by atoms with Crippen LogP contribution in [0.1, 0.15) is 23.6 Å². The summed E-state index contributed by atoms with van der Waals surface area (Å²) in [7, 11) is 0. The lowest BCUT2D eigenvalue weighted by molar-refractivity contribution is -0.140. The topological polar surface area (TPSA) is 25.2 Å². The average Bonchev–Trinajstić information content (AvgIpc) is 2.87. The van der Waals surface area contributed by atoms with E-state index in [0.717, 1.165) is 5.56 Å². The maximum Gasteiger partial charge on any atom is 0.390 e. The van der Waals surface area contributed by atoms with Crippen LogP contribution in [0.4, 0.5) is 13.2 Å². The van der Waals surface area contributed by atoms with E-state index >= 15 is 0 Å². The molecule has 1 aromatic carbocycles. The number of halogens is 3. The predicted octanol–water partition coefficient (Wildman–Crippen LogP) is 4.06. The van der Waals surface area contributed by atoms with Gasteiger partial charge in [-0.15, -0.1) is 0 Å². The molecule has 1 atom stereocenters. The summed E-state index contributed by atoms with van der Waals surface area (Å²) in [5, 5.41) is 2.91. The number of alkyl halides is 3. The number of hydrogen-bond donors (Lipinski definition) is 1. The van der Waals surface area contributed by atoms with Gasteiger partial charge in [-0.3, -0.25) is 0 Å². The first-order valence-corrected chi connectivity index (χ1v) is 5.91. The van der Waals surface area contributed by atoms with Crippen LogP contribution >= 0.6 is 0 Å². The number of hydrogen-bond acceptors (Lipinski definition) is 2. The van der Waals surface area contributed by atoms with Crippen molar-refractivity contribution in [3.05, 3.63) is 60.1 Å².